The second-order valence-corrected chi connectivity index (χ2v) is 8.47. The first-order chi connectivity index (χ1) is 15.3. The van der Waals surface area contributed by atoms with Crippen LogP contribution in [0.3, 0.4) is 0 Å². The van der Waals surface area contributed by atoms with Crippen molar-refractivity contribution in [2.24, 2.45) is 0 Å². The van der Waals surface area contributed by atoms with E-state index in [-0.39, 0.29) is 24.4 Å². The zero-order valence-corrected chi connectivity index (χ0v) is 19.9. The van der Waals surface area contributed by atoms with Crippen LogP contribution in [0.4, 0.5) is 36.8 Å². The molecule has 188 valence electrons. The maximum Gasteiger partial charge on any atom is 0.416 e. The Hall–Kier alpha value is -1.88. The number of anilines is 1. The molecule has 0 saturated carbocycles. The van der Waals surface area contributed by atoms with E-state index in [1.807, 2.05) is 0 Å². The molecule has 0 unspecified atom stereocenters. The molecule has 1 heterocycles. The summed E-state index contributed by atoms with van der Waals surface area (Å²) in [5.41, 5.74) is -2.75. The van der Waals surface area contributed by atoms with Gasteiger partial charge in [0.25, 0.3) is 0 Å². The van der Waals surface area contributed by atoms with Crippen LogP contribution in [0.5, 0.6) is 0 Å². The van der Waals surface area contributed by atoms with Crippen molar-refractivity contribution in [2.75, 3.05) is 25.0 Å². The van der Waals surface area contributed by atoms with Gasteiger partial charge in [-0.25, -0.2) is 4.79 Å². The van der Waals surface area contributed by atoms with Gasteiger partial charge < -0.3 is 10.6 Å². The molecule has 1 fully saturated rings. The number of carbonyl (C=O) groups is 1. The van der Waals surface area contributed by atoms with Crippen molar-refractivity contribution in [3.63, 3.8) is 0 Å². The summed E-state index contributed by atoms with van der Waals surface area (Å²) in [5, 5.41) is 6.59. The van der Waals surface area contributed by atoms with Crippen LogP contribution in [-0.2, 0) is 12.4 Å². The summed E-state index contributed by atoms with van der Waals surface area (Å²) >= 11 is 12.0. The average Bonchev–Trinajstić information content (AvgIpc) is 2.74. The predicted molar refractivity (Wildman–Crippen MR) is 121 cm³/mol. The van der Waals surface area contributed by atoms with E-state index in [4.69, 9.17) is 23.2 Å². The second kappa shape index (κ2) is 10.8. The molecule has 2 atom stereocenters. The fourth-order valence-corrected chi connectivity index (χ4v) is 3.94. The number of benzene rings is 2. The van der Waals surface area contributed by atoms with E-state index in [9.17, 15) is 31.1 Å². The zero-order valence-electron chi connectivity index (χ0n) is 17.5. The highest BCUT2D eigenvalue weighted by molar-refractivity contribution is 6.42. The van der Waals surface area contributed by atoms with Crippen molar-refractivity contribution in [3.8, 4) is 0 Å². The molecule has 2 aromatic carbocycles. The van der Waals surface area contributed by atoms with Crippen molar-refractivity contribution in [3.05, 3.63) is 63.1 Å². The van der Waals surface area contributed by atoms with Gasteiger partial charge in [0.2, 0.25) is 0 Å². The molecule has 34 heavy (non-hydrogen) atoms. The number of rotatable bonds is 3. The van der Waals surface area contributed by atoms with Gasteiger partial charge in [0.05, 0.1) is 21.2 Å². The number of urea groups is 1. The van der Waals surface area contributed by atoms with Crippen LogP contribution < -0.4 is 15.5 Å². The number of alkyl halides is 6. The number of halogens is 9. The van der Waals surface area contributed by atoms with Crippen LogP contribution in [0, 0.1) is 0 Å². The van der Waals surface area contributed by atoms with E-state index in [0.29, 0.717) is 41.7 Å². The third-order valence-electron chi connectivity index (χ3n) is 5.43. The molecule has 0 spiro atoms. The molecule has 13 heteroatoms. The molecule has 4 nitrogen and oxygen atoms in total. The van der Waals surface area contributed by atoms with Crippen LogP contribution in [0.25, 0.3) is 0 Å². The van der Waals surface area contributed by atoms with E-state index >= 15 is 0 Å². The van der Waals surface area contributed by atoms with E-state index in [1.54, 1.807) is 18.2 Å². The molecule has 0 aromatic heterocycles. The zero-order chi connectivity index (χ0) is 24.6. The van der Waals surface area contributed by atoms with E-state index in [2.05, 4.69) is 10.6 Å². The SMILES string of the molecule is CN(C(=O)N[C@@H]1CCNC[C@H]1c1ccc(Cl)c(Cl)c1)c1cc(C(F)(F)F)cc(C(F)(F)F)c1.Cl. The minimum atomic E-state index is -5.01. The maximum absolute atomic E-state index is 13.2. The van der Waals surface area contributed by atoms with Crippen molar-refractivity contribution < 1.29 is 31.1 Å². The minimum Gasteiger partial charge on any atom is -0.334 e. The highest BCUT2D eigenvalue weighted by Crippen LogP contribution is 2.38. The molecule has 2 N–H and O–H groups in total. The largest absolute Gasteiger partial charge is 0.416 e. The third-order valence-corrected chi connectivity index (χ3v) is 6.17. The number of nitrogens with one attached hydrogen (secondary N) is 2. The van der Waals surface area contributed by atoms with E-state index < -0.39 is 41.2 Å². The Kier molecular flexibility index (Phi) is 9.01. The highest BCUT2D eigenvalue weighted by Gasteiger charge is 2.38. The molecule has 2 amide bonds. The summed E-state index contributed by atoms with van der Waals surface area (Å²) in [6.07, 6.45) is -9.54. The second-order valence-electron chi connectivity index (χ2n) is 7.65. The van der Waals surface area contributed by atoms with E-state index in [1.165, 1.54) is 0 Å². The molecule has 2 aromatic rings. The van der Waals surface area contributed by atoms with Gasteiger partial charge in [-0.05, 0) is 48.9 Å². The Labute approximate surface area is 208 Å². The molecule has 1 aliphatic heterocycles. The Morgan fingerprint density at radius 1 is 1.00 bits per heavy atom. The standard InChI is InChI=1S/C21H19Cl2F6N3O.ClH/c1-32(14-8-12(20(24,25)26)7-13(9-14)21(27,28)29)19(33)31-18-4-5-30-10-15(18)11-2-3-16(22)17(23)6-11;/h2-3,6-9,15,18,30H,4-5,10H2,1H3,(H,31,33);1H/t15-,18+;/m0./s1. The summed E-state index contributed by atoms with van der Waals surface area (Å²) in [5.74, 6) is -0.238. The molecular formula is C21H20Cl3F6N3O. The number of hydrogen-bond acceptors (Lipinski definition) is 2. The van der Waals surface area contributed by atoms with Gasteiger partial charge in [0.1, 0.15) is 0 Å². The molecule has 0 radical (unpaired) electrons. The Bertz CT molecular complexity index is 1000. The lowest BCUT2D eigenvalue weighted by Crippen LogP contribution is -2.51. The number of piperidine rings is 1. The lowest BCUT2D eigenvalue weighted by atomic mass is 9.87. The Balaban J connectivity index is 0.00000408. The molecule has 1 aliphatic rings. The Morgan fingerprint density at radius 3 is 2.12 bits per heavy atom. The monoisotopic (exact) mass is 549 g/mol. The smallest absolute Gasteiger partial charge is 0.334 e. The van der Waals surface area contributed by atoms with Crippen LogP contribution in [0.15, 0.2) is 36.4 Å². The fourth-order valence-electron chi connectivity index (χ4n) is 3.63. The normalized spacial score (nSPS) is 18.7. The summed E-state index contributed by atoms with van der Waals surface area (Å²) in [4.78, 5) is 13.6. The van der Waals surface area contributed by atoms with Gasteiger partial charge in [-0.1, -0.05) is 29.3 Å². The van der Waals surface area contributed by atoms with Gasteiger partial charge in [0.15, 0.2) is 0 Å². The number of hydrogen-bond donors (Lipinski definition) is 2. The molecular weight excluding hydrogens is 531 g/mol. The number of nitrogens with zero attached hydrogens (tertiary/aromatic N) is 1. The average molecular weight is 551 g/mol. The van der Waals surface area contributed by atoms with Crippen molar-refractivity contribution in [1.82, 2.24) is 10.6 Å². The first-order valence-corrected chi connectivity index (χ1v) is 10.5. The van der Waals surface area contributed by atoms with Crippen LogP contribution in [0.1, 0.15) is 29.0 Å². The summed E-state index contributed by atoms with van der Waals surface area (Å²) in [6.45, 7) is 1.04. The summed E-state index contributed by atoms with van der Waals surface area (Å²) in [6, 6.07) is 4.78. The van der Waals surface area contributed by atoms with Crippen molar-refractivity contribution in [1.29, 1.82) is 0 Å². The summed E-state index contributed by atoms with van der Waals surface area (Å²) in [7, 11) is 1.11. The topological polar surface area (TPSA) is 44.4 Å². The van der Waals surface area contributed by atoms with Crippen LogP contribution in [-0.4, -0.2) is 32.2 Å². The third kappa shape index (κ3) is 6.62. The minimum absolute atomic E-state index is 0. The van der Waals surface area contributed by atoms with Crippen LogP contribution in [0.2, 0.25) is 10.0 Å². The highest BCUT2D eigenvalue weighted by atomic mass is 35.5. The fraction of sp³-hybridized carbons (Fsp3) is 0.381. The first-order valence-electron chi connectivity index (χ1n) is 9.76. The summed E-state index contributed by atoms with van der Waals surface area (Å²) < 4.78 is 79.0. The molecule has 0 bridgehead atoms. The van der Waals surface area contributed by atoms with E-state index in [0.717, 1.165) is 17.5 Å². The first kappa shape index (κ1) is 28.4. The molecule has 1 saturated heterocycles. The number of carbonyl (C=O) groups excluding carboxylic acids is 1. The van der Waals surface area contributed by atoms with Crippen LogP contribution >= 0.6 is 35.6 Å². The van der Waals surface area contributed by atoms with Gasteiger partial charge >= 0.3 is 18.4 Å². The number of amides is 2. The maximum atomic E-state index is 13.2. The van der Waals surface area contributed by atoms with Gasteiger partial charge in [-0.2, -0.15) is 26.3 Å². The van der Waals surface area contributed by atoms with Gasteiger partial charge in [-0.3, -0.25) is 4.90 Å². The molecule has 0 aliphatic carbocycles. The van der Waals surface area contributed by atoms with Crippen molar-refractivity contribution >= 4 is 47.3 Å². The van der Waals surface area contributed by atoms with Crippen molar-refractivity contribution in [2.45, 2.75) is 30.7 Å². The van der Waals surface area contributed by atoms with Gasteiger partial charge in [-0.15, -0.1) is 12.4 Å². The lowest BCUT2D eigenvalue weighted by molar-refractivity contribution is -0.143. The lowest BCUT2D eigenvalue weighted by Gasteiger charge is -2.34. The Morgan fingerprint density at radius 2 is 1.59 bits per heavy atom. The quantitative estimate of drug-likeness (QED) is 0.416. The van der Waals surface area contributed by atoms with Gasteiger partial charge in [0, 0.05) is 31.2 Å². The molecule has 3 rings (SSSR count). The predicted octanol–water partition coefficient (Wildman–Crippen LogP) is 6.74.